The summed E-state index contributed by atoms with van der Waals surface area (Å²) in [5.74, 6) is 1.06. The van der Waals surface area contributed by atoms with E-state index in [9.17, 15) is 14.7 Å². The molecule has 0 saturated carbocycles. The summed E-state index contributed by atoms with van der Waals surface area (Å²) in [6, 6.07) is 5.44. The Balaban J connectivity index is 0.00000155. The molecule has 1 aromatic carbocycles. The van der Waals surface area contributed by atoms with E-state index in [1.165, 1.54) is 12.8 Å². The Morgan fingerprint density at radius 1 is 1.14 bits per heavy atom. The number of carbonyl (C=O) groups excluding carboxylic acids is 2. The SMILES string of the molecule is CC.CC.Cc1ncsc1-c1ccc(CNC(=O)C2CC(O)CN2C(=O)C(C)C(C)C)c(OCCC2CCN(C)CC2)c1. The lowest BCUT2D eigenvalue weighted by molar-refractivity contribution is -0.142. The second-order valence-electron chi connectivity index (χ2n) is 11.6. The molecule has 242 valence electrons. The second-order valence-corrected chi connectivity index (χ2v) is 12.5. The number of nitrogens with zero attached hydrogens (tertiary/aromatic N) is 3. The summed E-state index contributed by atoms with van der Waals surface area (Å²) in [6.07, 6.45) is 2.96. The number of rotatable bonds is 10. The molecule has 1 aromatic heterocycles. The molecule has 4 rings (SSSR count). The van der Waals surface area contributed by atoms with Gasteiger partial charge in [0.1, 0.15) is 11.8 Å². The standard InChI is InChI=1S/C30H44N4O4S.2C2H6/c1-19(2)20(3)30(37)34-17-25(35)15-26(34)29(36)31-16-24-7-6-23(28-21(4)32-18-39-28)14-27(24)38-13-10-22-8-11-33(5)12-9-22;2*1-2/h6-7,14,18-20,22,25-26,35H,8-13,15-17H2,1-5H3,(H,31,36);2*1-2H3. The van der Waals surface area contributed by atoms with Gasteiger partial charge in [-0.15, -0.1) is 11.3 Å². The van der Waals surface area contributed by atoms with Crippen LogP contribution < -0.4 is 10.1 Å². The van der Waals surface area contributed by atoms with Crippen molar-refractivity contribution in [3.63, 3.8) is 0 Å². The Bertz CT molecular complexity index is 1130. The third kappa shape index (κ3) is 10.3. The minimum absolute atomic E-state index is 0.0797. The van der Waals surface area contributed by atoms with Crippen molar-refractivity contribution in [2.45, 2.75) is 99.8 Å². The van der Waals surface area contributed by atoms with Crippen LogP contribution in [0.5, 0.6) is 5.75 Å². The predicted octanol–water partition coefficient (Wildman–Crippen LogP) is 6.15. The van der Waals surface area contributed by atoms with Crippen LogP contribution in [0.4, 0.5) is 0 Å². The molecule has 0 radical (unpaired) electrons. The number of amides is 2. The van der Waals surface area contributed by atoms with Crippen LogP contribution in [-0.2, 0) is 16.1 Å². The first-order chi connectivity index (χ1) is 20.6. The van der Waals surface area contributed by atoms with Gasteiger partial charge in [-0.1, -0.05) is 60.6 Å². The van der Waals surface area contributed by atoms with Crippen LogP contribution in [0.2, 0.25) is 0 Å². The van der Waals surface area contributed by atoms with Crippen molar-refractivity contribution in [2.24, 2.45) is 17.8 Å². The molecule has 0 spiro atoms. The molecule has 2 saturated heterocycles. The summed E-state index contributed by atoms with van der Waals surface area (Å²) < 4.78 is 6.35. The fourth-order valence-electron chi connectivity index (χ4n) is 5.39. The number of nitrogens with one attached hydrogen (secondary N) is 1. The molecule has 3 atom stereocenters. The number of benzene rings is 1. The zero-order valence-electron chi connectivity index (χ0n) is 28.0. The molecular weight excluding hydrogens is 560 g/mol. The van der Waals surface area contributed by atoms with Gasteiger partial charge in [0, 0.05) is 31.0 Å². The number of aliphatic hydroxyl groups is 1. The Morgan fingerprint density at radius 3 is 2.42 bits per heavy atom. The van der Waals surface area contributed by atoms with Gasteiger partial charge in [0.05, 0.1) is 28.8 Å². The maximum Gasteiger partial charge on any atom is 0.243 e. The Morgan fingerprint density at radius 2 is 1.81 bits per heavy atom. The fraction of sp³-hybridized carbons (Fsp3) is 0.676. The Hall–Kier alpha value is -2.49. The van der Waals surface area contributed by atoms with Gasteiger partial charge in [0.2, 0.25) is 11.8 Å². The van der Waals surface area contributed by atoms with Gasteiger partial charge in [-0.05, 0) is 69.8 Å². The van der Waals surface area contributed by atoms with E-state index in [0.29, 0.717) is 19.1 Å². The van der Waals surface area contributed by atoms with E-state index in [2.05, 4.69) is 28.3 Å². The van der Waals surface area contributed by atoms with Gasteiger partial charge in [0.15, 0.2) is 0 Å². The molecule has 2 aliphatic heterocycles. The molecule has 3 heterocycles. The van der Waals surface area contributed by atoms with E-state index in [0.717, 1.165) is 47.0 Å². The number of thiazole rings is 1. The number of aryl methyl sites for hydroxylation is 1. The van der Waals surface area contributed by atoms with Gasteiger partial charge in [-0.2, -0.15) is 0 Å². The minimum Gasteiger partial charge on any atom is -0.493 e. The van der Waals surface area contributed by atoms with Crippen LogP contribution in [0, 0.1) is 24.7 Å². The molecule has 0 bridgehead atoms. The molecule has 2 N–H and O–H groups in total. The van der Waals surface area contributed by atoms with Crippen molar-refractivity contribution < 1.29 is 19.4 Å². The first kappa shape index (κ1) is 36.7. The number of aliphatic hydroxyl groups excluding tert-OH is 1. The quantitative estimate of drug-likeness (QED) is 0.333. The topological polar surface area (TPSA) is 95.0 Å². The number of β-amino-alcohol motifs (C(OH)–C–C–N with tert-alkyl or cyclic N) is 1. The molecule has 9 heteroatoms. The van der Waals surface area contributed by atoms with E-state index in [1.807, 2.05) is 73.0 Å². The fourth-order valence-corrected chi connectivity index (χ4v) is 6.20. The van der Waals surface area contributed by atoms with E-state index < -0.39 is 12.1 Å². The Kier molecular flexibility index (Phi) is 15.7. The molecule has 8 nitrogen and oxygen atoms in total. The number of hydrogen-bond acceptors (Lipinski definition) is 7. The molecule has 2 aromatic rings. The maximum atomic E-state index is 13.3. The lowest BCUT2D eigenvalue weighted by atomic mass is 9.94. The van der Waals surface area contributed by atoms with Crippen molar-refractivity contribution in [2.75, 3.05) is 33.3 Å². The average molecular weight is 617 g/mol. The third-order valence-electron chi connectivity index (χ3n) is 8.40. The zero-order valence-corrected chi connectivity index (χ0v) is 28.8. The summed E-state index contributed by atoms with van der Waals surface area (Å²) in [5.41, 5.74) is 4.78. The van der Waals surface area contributed by atoms with Crippen LogP contribution in [-0.4, -0.2) is 77.1 Å². The molecule has 3 unspecified atom stereocenters. The average Bonchev–Trinajstić information content (AvgIpc) is 3.63. The van der Waals surface area contributed by atoms with E-state index in [1.54, 1.807) is 16.2 Å². The van der Waals surface area contributed by atoms with Crippen LogP contribution in [0.3, 0.4) is 0 Å². The number of ether oxygens (including phenoxy) is 1. The Labute approximate surface area is 264 Å². The van der Waals surface area contributed by atoms with Crippen molar-refractivity contribution in [1.29, 1.82) is 0 Å². The van der Waals surface area contributed by atoms with Gasteiger partial charge < -0.3 is 25.0 Å². The van der Waals surface area contributed by atoms with Crippen molar-refractivity contribution in [3.05, 3.63) is 35.0 Å². The van der Waals surface area contributed by atoms with Crippen molar-refractivity contribution in [3.8, 4) is 16.2 Å². The molecule has 2 aliphatic rings. The van der Waals surface area contributed by atoms with Gasteiger partial charge in [0.25, 0.3) is 0 Å². The van der Waals surface area contributed by atoms with Crippen molar-refractivity contribution >= 4 is 23.2 Å². The summed E-state index contributed by atoms with van der Waals surface area (Å²) in [6.45, 7) is 19.3. The zero-order chi connectivity index (χ0) is 32.1. The minimum atomic E-state index is -0.690. The van der Waals surface area contributed by atoms with E-state index >= 15 is 0 Å². The van der Waals surface area contributed by atoms with Gasteiger partial charge in [-0.3, -0.25) is 9.59 Å². The highest BCUT2D eigenvalue weighted by molar-refractivity contribution is 7.13. The number of piperidine rings is 1. The lowest BCUT2D eigenvalue weighted by Crippen LogP contribution is -2.48. The molecule has 43 heavy (non-hydrogen) atoms. The van der Waals surface area contributed by atoms with Crippen LogP contribution >= 0.6 is 11.3 Å². The van der Waals surface area contributed by atoms with E-state index in [4.69, 9.17) is 4.74 Å². The highest BCUT2D eigenvalue weighted by atomic mass is 32.1. The number of likely N-dealkylation sites (tertiary alicyclic amines) is 2. The smallest absolute Gasteiger partial charge is 0.243 e. The van der Waals surface area contributed by atoms with Gasteiger partial charge in [-0.25, -0.2) is 4.98 Å². The molecular formula is C34H56N4O4S. The number of carbonyl (C=O) groups is 2. The van der Waals surface area contributed by atoms with Crippen LogP contribution in [0.1, 0.15) is 85.4 Å². The number of aromatic nitrogens is 1. The van der Waals surface area contributed by atoms with Crippen LogP contribution in [0.25, 0.3) is 10.4 Å². The summed E-state index contributed by atoms with van der Waals surface area (Å²) >= 11 is 1.60. The largest absolute Gasteiger partial charge is 0.493 e. The highest BCUT2D eigenvalue weighted by Gasteiger charge is 2.40. The lowest BCUT2D eigenvalue weighted by Gasteiger charge is -2.29. The summed E-state index contributed by atoms with van der Waals surface area (Å²) in [7, 11) is 2.17. The van der Waals surface area contributed by atoms with Crippen molar-refractivity contribution in [1.82, 2.24) is 20.1 Å². The molecule has 2 amide bonds. The first-order valence-corrected chi connectivity index (χ1v) is 17.1. The summed E-state index contributed by atoms with van der Waals surface area (Å²) in [4.78, 5) is 35.7. The summed E-state index contributed by atoms with van der Waals surface area (Å²) in [5, 5.41) is 13.3. The molecule has 2 fully saturated rings. The monoisotopic (exact) mass is 616 g/mol. The first-order valence-electron chi connectivity index (χ1n) is 16.2. The number of hydrogen-bond donors (Lipinski definition) is 2. The molecule has 0 aliphatic carbocycles. The second kappa shape index (κ2) is 18.3. The van der Waals surface area contributed by atoms with E-state index in [-0.39, 0.29) is 36.6 Å². The van der Waals surface area contributed by atoms with Crippen LogP contribution in [0.15, 0.2) is 23.7 Å². The third-order valence-corrected chi connectivity index (χ3v) is 9.38. The maximum absolute atomic E-state index is 13.3. The van der Waals surface area contributed by atoms with Gasteiger partial charge >= 0.3 is 0 Å². The predicted molar refractivity (Wildman–Crippen MR) is 177 cm³/mol. The highest BCUT2D eigenvalue weighted by Crippen LogP contribution is 2.33. The normalized spacial score (nSPS) is 19.7.